The zero-order valence-corrected chi connectivity index (χ0v) is 13.3. The van der Waals surface area contributed by atoms with Crippen LogP contribution in [0, 0.1) is 0 Å². The number of nitrogens with two attached hydrogens (primary N) is 1. The van der Waals surface area contributed by atoms with Gasteiger partial charge in [-0.2, -0.15) is 13.2 Å². The molecule has 0 saturated heterocycles. The Morgan fingerprint density at radius 3 is 2.08 bits per heavy atom. The normalized spacial score (nSPS) is 13.0. The van der Waals surface area contributed by atoms with Crippen LogP contribution in [0.3, 0.4) is 0 Å². The molecule has 2 N–H and O–H groups in total. The van der Waals surface area contributed by atoms with E-state index in [0.717, 1.165) is 0 Å². The summed E-state index contributed by atoms with van der Waals surface area (Å²) in [6.45, 7) is 0. The Hall–Kier alpha value is -2.67. The first-order valence-corrected chi connectivity index (χ1v) is 7.54. The van der Waals surface area contributed by atoms with Gasteiger partial charge in [0.15, 0.2) is 5.69 Å². The van der Waals surface area contributed by atoms with Crippen molar-refractivity contribution in [3.8, 4) is 0 Å². The van der Waals surface area contributed by atoms with Gasteiger partial charge < -0.3 is 5.73 Å². The number of nitrogens with zero attached hydrogens (tertiary/aromatic N) is 2. The van der Waals surface area contributed by atoms with Crippen molar-refractivity contribution in [1.29, 1.82) is 0 Å². The molecule has 1 unspecified atom stereocenters. The highest BCUT2D eigenvalue weighted by atomic mass is 35.5. The molecule has 1 amide bonds. The fraction of sp³-hybridized carbons (Fsp3) is 0.118. The molecule has 0 radical (unpaired) electrons. The molecule has 0 aliphatic rings. The van der Waals surface area contributed by atoms with Crippen LogP contribution in [-0.4, -0.2) is 15.9 Å². The standard InChI is InChI=1S/C17H11ClF3N3O/c18-10-7-5-9(6-8-10)13(16(22)25)14-15(17(19,20)21)24-12-4-2-1-3-11(12)23-14/h1-8,13H,(H2,22,25). The fourth-order valence-corrected chi connectivity index (χ4v) is 2.66. The van der Waals surface area contributed by atoms with Crippen molar-refractivity contribution in [3.05, 3.63) is 70.5 Å². The summed E-state index contributed by atoms with van der Waals surface area (Å²) >= 11 is 5.80. The molecule has 0 fully saturated rings. The molecule has 1 heterocycles. The average Bonchev–Trinajstić information content (AvgIpc) is 2.55. The van der Waals surface area contributed by atoms with Gasteiger partial charge in [0.05, 0.1) is 16.7 Å². The smallest absolute Gasteiger partial charge is 0.369 e. The van der Waals surface area contributed by atoms with E-state index in [1.807, 2.05) is 0 Å². The summed E-state index contributed by atoms with van der Waals surface area (Å²) in [7, 11) is 0. The number of hydrogen-bond donors (Lipinski definition) is 1. The number of benzene rings is 2. The van der Waals surface area contributed by atoms with Crippen molar-refractivity contribution in [3.63, 3.8) is 0 Å². The van der Waals surface area contributed by atoms with Gasteiger partial charge in [0, 0.05) is 5.02 Å². The van der Waals surface area contributed by atoms with Crippen LogP contribution in [0.2, 0.25) is 5.02 Å². The van der Waals surface area contributed by atoms with Crippen molar-refractivity contribution in [2.75, 3.05) is 0 Å². The van der Waals surface area contributed by atoms with Gasteiger partial charge in [0.1, 0.15) is 5.92 Å². The summed E-state index contributed by atoms with van der Waals surface area (Å²) in [5, 5.41) is 0.382. The van der Waals surface area contributed by atoms with E-state index >= 15 is 0 Å². The lowest BCUT2D eigenvalue weighted by atomic mass is 9.93. The van der Waals surface area contributed by atoms with E-state index in [1.165, 1.54) is 36.4 Å². The van der Waals surface area contributed by atoms with Gasteiger partial charge in [0.2, 0.25) is 5.91 Å². The summed E-state index contributed by atoms with van der Waals surface area (Å²) in [6.07, 6.45) is -4.79. The SMILES string of the molecule is NC(=O)C(c1ccc(Cl)cc1)c1nc2ccccc2nc1C(F)(F)F. The van der Waals surface area contributed by atoms with Gasteiger partial charge in [0.25, 0.3) is 0 Å². The highest BCUT2D eigenvalue weighted by Crippen LogP contribution is 2.36. The van der Waals surface area contributed by atoms with E-state index in [4.69, 9.17) is 17.3 Å². The van der Waals surface area contributed by atoms with Crippen molar-refractivity contribution in [2.45, 2.75) is 12.1 Å². The number of rotatable bonds is 3. The molecular formula is C17H11ClF3N3O. The van der Waals surface area contributed by atoms with Crippen molar-refractivity contribution in [2.24, 2.45) is 5.73 Å². The van der Waals surface area contributed by atoms with Gasteiger partial charge in [-0.3, -0.25) is 4.79 Å². The summed E-state index contributed by atoms with van der Waals surface area (Å²) in [6, 6.07) is 11.9. The van der Waals surface area contributed by atoms with Crippen molar-refractivity contribution < 1.29 is 18.0 Å². The number of carbonyl (C=O) groups is 1. The minimum absolute atomic E-state index is 0.0814. The third kappa shape index (κ3) is 3.41. The lowest BCUT2D eigenvalue weighted by Gasteiger charge is -2.18. The first-order chi connectivity index (χ1) is 11.8. The molecule has 0 bridgehead atoms. The highest BCUT2D eigenvalue weighted by molar-refractivity contribution is 6.30. The Morgan fingerprint density at radius 1 is 1.00 bits per heavy atom. The third-order valence-electron chi connectivity index (χ3n) is 3.63. The minimum Gasteiger partial charge on any atom is -0.369 e. The summed E-state index contributed by atoms with van der Waals surface area (Å²) < 4.78 is 40.5. The maximum Gasteiger partial charge on any atom is 0.435 e. The maximum atomic E-state index is 13.5. The highest BCUT2D eigenvalue weighted by Gasteiger charge is 2.40. The molecule has 0 saturated carbocycles. The van der Waals surface area contributed by atoms with E-state index in [1.54, 1.807) is 12.1 Å². The average molecular weight is 366 g/mol. The van der Waals surface area contributed by atoms with E-state index < -0.39 is 29.4 Å². The lowest BCUT2D eigenvalue weighted by Crippen LogP contribution is -2.27. The number of hydrogen-bond acceptors (Lipinski definition) is 3. The Kier molecular flexibility index (Phi) is 4.34. The number of para-hydroxylation sites is 2. The zero-order valence-electron chi connectivity index (χ0n) is 12.6. The minimum atomic E-state index is -4.79. The molecule has 8 heteroatoms. The quantitative estimate of drug-likeness (QED) is 0.764. The van der Waals surface area contributed by atoms with Crippen LogP contribution in [-0.2, 0) is 11.0 Å². The van der Waals surface area contributed by atoms with Crippen LogP contribution in [0.5, 0.6) is 0 Å². The first-order valence-electron chi connectivity index (χ1n) is 7.16. The van der Waals surface area contributed by atoms with Crippen molar-refractivity contribution in [1.82, 2.24) is 9.97 Å². The Bertz CT molecular complexity index is 942. The number of primary amides is 1. The van der Waals surface area contributed by atoms with E-state index in [0.29, 0.717) is 5.02 Å². The van der Waals surface area contributed by atoms with Gasteiger partial charge in [-0.15, -0.1) is 0 Å². The molecular weight excluding hydrogens is 355 g/mol. The van der Waals surface area contributed by atoms with Gasteiger partial charge in [-0.1, -0.05) is 35.9 Å². The predicted octanol–water partition coefficient (Wildman–Crippen LogP) is 3.92. The Balaban J connectivity index is 2.29. The third-order valence-corrected chi connectivity index (χ3v) is 3.88. The second-order valence-corrected chi connectivity index (χ2v) is 5.77. The number of carbonyl (C=O) groups excluding carboxylic acids is 1. The number of alkyl halides is 3. The van der Waals surface area contributed by atoms with Gasteiger partial charge >= 0.3 is 6.18 Å². The molecule has 2 aromatic carbocycles. The van der Waals surface area contributed by atoms with E-state index in [2.05, 4.69) is 9.97 Å². The lowest BCUT2D eigenvalue weighted by molar-refractivity contribution is -0.142. The second kappa shape index (κ2) is 6.33. The van der Waals surface area contributed by atoms with Crippen LogP contribution in [0.25, 0.3) is 11.0 Å². The molecule has 3 rings (SSSR count). The molecule has 0 aliphatic carbocycles. The van der Waals surface area contributed by atoms with Crippen LogP contribution in [0.15, 0.2) is 48.5 Å². The molecule has 3 aromatic rings. The molecule has 25 heavy (non-hydrogen) atoms. The molecule has 4 nitrogen and oxygen atoms in total. The summed E-state index contributed by atoms with van der Waals surface area (Å²) in [5.74, 6) is -2.36. The Labute approximate surface area is 145 Å². The van der Waals surface area contributed by atoms with E-state index in [-0.39, 0.29) is 16.6 Å². The van der Waals surface area contributed by atoms with Gasteiger partial charge in [-0.05, 0) is 29.8 Å². The summed E-state index contributed by atoms with van der Waals surface area (Å²) in [4.78, 5) is 19.7. The monoisotopic (exact) mass is 365 g/mol. The first kappa shape index (κ1) is 17.2. The topological polar surface area (TPSA) is 68.9 Å². The number of fused-ring (bicyclic) bond motifs is 1. The maximum absolute atomic E-state index is 13.5. The predicted molar refractivity (Wildman–Crippen MR) is 87.0 cm³/mol. The van der Waals surface area contributed by atoms with Gasteiger partial charge in [-0.25, -0.2) is 9.97 Å². The molecule has 0 spiro atoms. The molecule has 1 aromatic heterocycles. The van der Waals surface area contributed by atoms with E-state index in [9.17, 15) is 18.0 Å². The molecule has 1 atom stereocenters. The number of aromatic nitrogens is 2. The summed E-state index contributed by atoms with van der Waals surface area (Å²) in [5.41, 5.74) is 4.21. The molecule has 128 valence electrons. The van der Waals surface area contributed by atoms with Crippen LogP contribution in [0.1, 0.15) is 22.9 Å². The number of amides is 1. The second-order valence-electron chi connectivity index (χ2n) is 5.33. The van der Waals surface area contributed by atoms with Crippen LogP contribution >= 0.6 is 11.6 Å². The largest absolute Gasteiger partial charge is 0.435 e. The zero-order chi connectivity index (χ0) is 18.2. The van der Waals surface area contributed by atoms with Crippen molar-refractivity contribution >= 4 is 28.5 Å². The molecule has 0 aliphatic heterocycles. The van der Waals surface area contributed by atoms with Crippen LogP contribution < -0.4 is 5.73 Å². The van der Waals surface area contributed by atoms with Crippen LogP contribution in [0.4, 0.5) is 13.2 Å². The number of halogens is 4. The Morgan fingerprint density at radius 2 is 1.56 bits per heavy atom. The fourth-order valence-electron chi connectivity index (χ4n) is 2.54.